The zero-order valence-electron chi connectivity index (χ0n) is 15.9. The lowest BCUT2D eigenvalue weighted by atomic mass is 10.1. The van der Waals surface area contributed by atoms with Gasteiger partial charge in [0.25, 0.3) is 0 Å². The van der Waals surface area contributed by atoms with E-state index in [1.54, 1.807) is 0 Å². The largest absolute Gasteiger partial charge is 0.302 e. The van der Waals surface area contributed by atoms with Crippen molar-refractivity contribution in [1.29, 1.82) is 0 Å². The van der Waals surface area contributed by atoms with Crippen LogP contribution < -0.4 is 5.32 Å². The van der Waals surface area contributed by atoms with Crippen LogP contribution in [0.25, 0.3) is 11.3 Å². The molecule has 0 aliphatic rings. The Labute approximate surface area is 158 Å². The third-order valence-electron chi connectivity index (χ3n) is 4.63. The number of hydrogen-bond donors (Lipinski definition) is 1. The predicted octanol–water partition coefficient (Wildman–Crippen LogP) is 4.35. The minimum absolute atomic E-state index is 0.0168. The Hall–Kier alpha value is -2.47. The monoisotopic (exact) mass is 368 g/mol. The van der Waals surface area contributed by atoms with Crippen LogP contribution in [-0.2, 0) is 18.3 Å². The van der Waals surface area contributed by atoms with Crippen molar-refractivity contribution in [3.8, 4) is 11.3 Å². The van der Waals surface area contributed by atoms with Crippen LogP contribution >= 0.6 is 11.3 Å². The maximum absolute atomic E-state index is 12.3. The Bertz CT molecular complexity index is 938. The van der Waals surface area contributed by atoms with Gasteiger partial charge in [0.15, 0.2) is 5.13 Å². The number of amides is 1. The van der Waals surface area contributed by atoms with E-state index >= 15 is 0 Å². The van der Waals surface area contributed by atoms with E-state index in [4.69, 9.17) is 0 Å². The fourth-order valence-corrected chi connectivity index (χ4v) is 3.88. The Morgan fingerprint density at radius 3 is 2.46 bits per heavy atom. The maximum Gasteiger partial charge on any atom is 0.226 e. The highest BCUT2D eigenvalue weighted by Crippen LogP contribution is 2.30. The van der Waals surface area contributed by atoms with Crippen molar-refractivity contribution in [3.05, 3.63) is 51.7 Å². The molecule has 26 heavy (non-hydrogen) atoms. The van der Waals surface area contributed by atoms with Crippen LogP contribution in [0.4, 0.5) is 5.13 Å². The molecule has 0 aliphatic carbocycles. The molecule has 0 aliphatic heterocycles. The molecule has 0 unspecified atom stereocenters. The summed E-state index contributed by atoms with van der Waals surface area (Å²) in [5.74, 6) is -0.0168. The number of thiazole rings is 1. The summed E-state index contributed by atoms with van der Waals surface area (Å²) in [6.07, 6.45) is 1.11. The molecule has 3 rings (SSSR count). The van der Waals surface area contributed by atoms with Gasteiger partial charge in [0.1, 0.15) is 0 Å². The van der Waals surface area contributed by atoms with Gasteiger partial charge in [0.05, 0.1) is 11.4 Å². The number of anilines is 1. The highest BCUT2D eigenvalue weighted by atomic mass is 32.1. The van der Waals surface area contributed by atoms with Crippen LogP contribution in [-0.4, -0.2) is 20.7 Å². The van der Waals surface area contributed by atoms with Crippen LogP contribution in [0.1, 0.15) is 33.8 Å². The van der Waals surface area contributed by atoms with Crippen LogP contribution in [0.15, 0.2) is 24.3 Å². The molecule has 0 atom stereocenters. The molecule has 0 saturated carbocycles. The molecule has 0 bridgehead atoms. The van der Waals surface area contributed by atoms with Crippen molar-refractivity contribution < 1.29 is 4.79 Å². The number of carbonyl (C=O) groups is 1. The average molecular weight is 369 g/mol. The first kappa shape index (κ1) is 18.3. The molecule has 0 radical (unpaired) electrons. The number of hydrogen-bond acceptors (Lipinski definition) is 4. The summed E-state index contributed by atoms with van der Waals surface area (Å²) in [7, 11) is 1.93. The van der Waals surface area contributed by atoms with Crippen molar-refractivity contribution in [1.82, 2.24) is 14.8 Å². The number of carbonyl (C=O) groups excluding carboxylic acids is 1. The van der Waals surface area contributed by atoms with Crippen LogP contribution in [0.5, 0.6) is 0 Å². The summed E-state index contributed by atoms with van der Waals surface area (Å²) in [6.45, 7) is 8.11. The standard InChI is InChI=1S/C20H24N4OS/c1-12-6-8-16(9-7-12)19-15(4)26-20(22-19)21-18(25)11-10-17-13(2)23-24(5)14(17)3/h6-9H,10-11H2,1-5H3,(H,21,22,25). The lowest BCUT2D eigenvalue weighted by Crippen LogP contribution is -2.12. The van der Waals surface area contributed by atoms with E-state index in [2.05, 4.69) is 46.6 Å². The van der Waals surface area contributed by atoms with Gasteiger partial charge in [0.2, 0.25) is 5.91 Å². The number of aryl methyl sites for hydroxylation is 4. The quantitative estimate of drug-likeness (QED) is 0.728. The molecule has 0 saturated heterocycles. The van der Waals surface area contributed by atoms with Crippen LogP contribution in [0.3, 0.4) is 0 Å². The van der Waals surface area contributed by atoms with Crippen LogP contribution in [0, 0.1) is 27.7 Å². The van der Waals surface area contributed by atoms with Crippen LogP contribution in [0.2, 0.25) is 0 Å². The molecule has 2 aromatic heterocycles. The fraction of sp³-hybridized carbons (Fsp3) is 0.350. The number of rotatable bonds is 5. The number of aromatic nitrogens is 3. The van der Waals surface area contributed by atoms with Gasteiger partial charge < -0.3 is 5.32 Å². The number of benzene rings is 1. The second kappa shape index (κ2) is 7.41. The molecule has 1 aromatic carbocycles. The zero-order chi connectivity index (χ0) is 18.8. The van der Waals surface area contributed by atoms with Crippen molar-refractivity contribution >= 4 is 22.4 Å². The van der Waals surface area contributed by atoms with Crippen molar-refractivity contribution in [2.45, 2.75) is 40.5 Å². The normalized spacial score (nSPS) is 11.0. The lowest BCUT2D eigenvalue weighted by Gasteiger charge is -2.03. The topological polar surface area (TPSA) is 59.8 Å². The molecule has 2 heterocycles. The van der Waals surface area contributed by atoms with Crippen molar-refractivity contribution in [2.24, 2.45) is 7.05 Å². The van der Waals surface area contributed by atoms with E-state index in [-0.39, 0.29) is 5.91 Å². The molecule has 0 fully saturated rings. The number of nitrogens with zero attached hydrogens (tertiary/aromatic N) is 3. The van der Waals surface area contributed by atoms with E-state index < -0.39 is 0 Å². The first-order valence-electron chi connectivity index (χ1n) is 8.68. The minimum atomic E-state index is -0.0168. The molecule has 3 aromatic rings. The third-order valence-corrected chi connectivity index (χ3v) is 5.52. The van der Waals surface area contributed by atoms with E-state index in [1.807, 2.05) is 32.5 Å². The van der Waals surface area contributed by atoms with Gasteiger partial charge in [-0.15, -0.1) is 11.3 Å². The Kier molecular flexibility index (Phi) is 5.23. The minimum Gasteiger partial charge on any atom is -0.302 e. The molecule has 5 nitrogen and oxygen atoms in total. The molecule has 1 amide bonds. The average Bonchev–Trinajstić information content (AvgIpc) is 3.06. The first-order chi connectivity index (χ1) is 12.3. The molecule has 136 valence electrons. The van der Waals surface area contributed by atoms with Gasteiger partial charge in [-0.25, -0.2) is 4.98 Å². The third kappa shape index (κ3) is 3.85. The van der Waals surface area contributed by atoms with Gasteiger partial charge in [-0.2, -0.15) is 5.10 Å². The predicted molar refractivity (Wildman–Crippen MR) is 107 cm³/mol. The fourth-order valence-electron chi connectivity index (χ4n) is 3.03. The lowest BCUT2D eigenvalue weighted by molar-refractivity contribution is -0.116. The molecular weight excluding hydrogens is 344 g/mol. The Morgan fingerprint density at radius 2 is 1.85 bits per heavy atom. The first-order valence-corrected chi connectivity index (χ1v) is 9.50. The van der Waals surface area contributed by atoms with E-state index in [1.165, 1.54) is 16.9 Å². The highest BCUT2D eigenvalue weighted by Gasteiger charge is 2.14. The van der Waals surface area contributed by atoms with Crippen molar-refractivity contribution in [2.75, 3.05) is 5.32 Å². The summed E-state index contributed by atoms with van der Waals surface area (Å²) >= 11 is 1.51. The summed E-state index contributed by atoms with van der Waals surface area (Å²) in [4.78, 5) is 18.1. The Balaban J connectivity index is 1.66. The summed E-state index contributed by atoms with van der Waals surface area (Å²) in [5.41, 5.74) is 6.48. The molecule has 1 N–H and O–H groups in total. The van der Waals surface area contributed by atoms with Crippen molar-refractivity contribution in [3.63, 3.8) is 0 Å². The Morgan fingerprint density at radius 1 is 1.15 bits per heavy atom. The maximum atomic E-state index is 12.3. The molecular formula is C20H24N4OS. The second-order valence-electron chi connectivity index (χ2n) is 6.61. The van der Waals surface area contributed by atoms with Gasteiger partial charge >= 0.3 is 0 Å². The number of nitrogens with one attached hydrogen (secondary N) is 1. The smallest absolute Gasteiger partial charge is 0.226 e. The van der Waals surface area contributed by atoms with Gasteiger partial charge in [0, 0.05) is 29.6 Å². The zero-order valence-corrected chi connectivity index (χ0v) is 16.7. The van der Waals surface area contributed by atoms with Gasteiger partial charge in [-0.05, 0) is 39.7 Å². The summed E-state index contributed by atoms with van der Waals surface area (Å²) in [5, 5.41) is 8.00. The summed E-state index contributed by atoms with van der Waals surface area (Å²) in [6, 6.07) is 8.28. The van der Waals surface area contributed by atoms with E-state index in [9.17, 15) is 4.79 Å². The van der Waals surface area contributed by atoms with E-state index in [0.29, 0.717) is 18.0 Å². The van der Waals surface area contributed by atoms with Gasteiger partial charge in [-0.3, -0.25) is 9.48 Å². The highest BCUT2D eigenvalue weighted by molar-refractivity contribution is 7.16. The summed E-state index contributed by atoms with van der Waals surface area (Å²) < 4.78 is 1.86. The SMILES string of the molecule is Cc1ccc(-c2nc(NC(=O)CCc3c(C)nn(C)c3C)sc2C)cc1. The van der Waals surface area contributed by atoms with Gasteiger partial charge in [-0.1, -0.05) is 29.8 Å². The molecule has 6 heteroatoms. The van der Waals surface area contributed by atoms with E-state index in [0.717, 1.165) is 33.1 Å². The molecule has 0 spiro atoms. The second-order valence-corrected chi connectivity index (χ2v) is 7.81.